The molecule has 0 bridgehead atoms. The molecule has 0 atom stereocenters. The number of benzene rings is 3. The van der Waals surface area contributed by atoms with Gasteiger partial charge in [0.2, 0.25) is 0 Å². The van der Waals surface area contributed by atoms with Crippen molar-refractivity contribution in [1.29, 1.82) is 0 Å². The van der Waals surface area contributed by atoms with Crippen molar-refractivity contribution in [2.24, 2.45) is 0 Å². The van der Waals surface area contributed by atoms with Gasteiger partial charge in [-0.25, -0.2) is 24.0 Å². The highest BCUT2D eigenvalue weighted by Gasteiger charge is 2.10. The molecule has 170 valence electrons. The van der Waals surface area contributed by atoms with Crippen molar-refractivity contribution in [3.8, 4) is 22.6 Å². The van der Waals surface area contributed by atoms with E-state index in [0.29, 0.717) is 12.4 Å². The Kier molecular flexibility index (Phi) is 6.09. The monoisotopic (exact) mass is 456 g/mol. The first-order chi connectivity index (χ1) is 16.7. The van der Waals surface area contributed by atoms with E-state index in [4.69, 9.17) is 9.47 Å². The molecule has 34 heavy (non-hydrogen) atoms. The second kappa shape index (κ2) is 9.63. The van der Waals surface area contributed by atoms with E-state index in [1.165, 1.54) is 18.7 Å². The lowest BCUT2D eigenvalue weighted by atomic mass is 10.0. The fraction of sp³-hybridized carbons (Fsp3) is 0.120. The van der Waals surface area contributed by atoms with Crippen molar-refractivity contribution in [3.05, 3.63) is 85.5 Å². The summed E-state index contributed by atoms with van der Waals surface area (Å²) < 4.78 is 26.6. The molecule has 0 saturated carbocycles. The highest BCUT2D eigenvalue weighted by molar-refractivity contribution is 5.93. The maximum atomic E-state index is 14.6. The van der Waals surface area contributed by atoms with Crippen LogP contribution in [-0.4, -0.2) is 45.1 Å². The van der Waals surface area contributed by atoms with Crippen LogP contribution in [0.15, 0.2) is 79.6 Å². The van der Waals surface area contributed by atoms with Crippen LogP contribution < -0.4 is 10.1 Å². The van der Waals surface area contributed by atoms with Gasteiger partial charge >= 0.3 is 0 Å². The number of fused-ring (bicyclic) bond motifs is 1. The van der Waals surface area contributed by atoms with Gasteiger partial charge in [0.05, 0.1) is 17.8 Å². The van der Waals surface area contributed by atoms with Gasteiger partial charge in [-0.1, -0.05) is 12.1 Å². The summed E-state index contributed by atoms with van der Waals surface area (Å²) in [7, 11) is 1.57. The Balaban J connectivity index is 1.42. The quantitative estimate of drug-likeness (QED) is 0.336. The maximum absolute atomic E-state index is 14.6. The Morgan fingerprint density at radius 3 is 2.50 bits per heavy atom. The van der Waals surface area contributed by atoms with Crippen molar-refractivity contribution in [2.75, 3.05) is 25.6 Å². The fourth-order valence-electron chi connectivity index (χ4n) is 3.54. The van der Waals surface area contributed by atoms with Crippen LogP contribution >= 0.6 is 0 Å². The van der Waals surface area contributed by atoms with E-state index in [9.17, 15) is 4.39 Å². The van der Waals surface area contributed by atoms with E-state index in [1.54, 1.807) is 24.2 Å². The van der Waals surface area contributed by atoms with Gasteiger partial charge in [0.15, 0.2) is 11.6 Å². The molecule has 5 rings (SSSR count). The summed E-state index contributed by atoms with van der Waals surface area (Å²) in [4.78, 5) is 12.8. The zero-order valence-electron chi connectivity index (χ0n) is 18.4. The van der Waals surface area contributed by atoms with Gasteiger partial charge in [0.1, 0.15) is 31.4 Å². The minimum Gasteiger partial charge on any atom is -0.488 e. The lowest BCUT2D eigenvalue weighted by molar-refractivity contribution is 0.144. The molecule has 8 nitrogen and oxygen atoms in total. The van der Waals surface area contributed by atoms with E-state index in [0.717, 1.165) is 33.4 Å². The van der Waals surface area contributed by atoms with Gasteiger partial charge < -0.3 is 14.8 Å². The van der Waals surface area contributed by atoms with Crippen molar-refractivity contribution < 1.29 is 13.9 Å². The Morgan fingerprint density at radius 2 is 1.74 bits per heavy atom. The number of anilines is 2. The first kappa shape index (κ1) is 21.5. The normalized spacial score (nSPS) is 11.0. The third-order valence-electron chi connectivity index (χ3n) is 5.26. The molecule has 0 radical (unpaired) electrons. The molecule has 1 N–H and O–H groups in total. The van der Waals surface area contributed by atoms with Gasteiger partial charge in [-0.3, -0.25) is 0 Å². The lowest BCUT2D eigenvalue weighted by Crippen LogP contribution is -2.05. The van der Waals surface area contributed by atoms with Crippen LogP contribution in [-0.2, 0) is 4.74 Å². The van der Waals surface area contributed by atoms with Crippen LogP contribution in [0.1, 0.15) is 0 Å². The number of nitrogens with one attached hydrogen (secondary N) is 1. The average Bonchev–Trinajstić information content (AvgIpc) is 3.41. The van der Waals surface area contributed by atoms with E-state index in [2.05, 4.69) is 25.4 Å². The Labute approximate surface area is 195 Å². The number of aromatic nitrogens is 5. The second-order valence-electron chi connectivity index (χ2n) is 7.45. The first-order valence-electron chi connectivity index (χ1n) is 10.6. The Hall–Kier alpha value is -4.37. The molecular formula is C25H21FN6O2. The highest BCUT2D eigenvalue weighted by Crippen LogP contribution is 2.31. The van der Waals surface area contributed by atoms with Crippen LogP contribution in [0.4, 0.5) is 15.9 Å². The molecule has 0 saturated heterocycles. The molecule has 2 heterocycles. The van der Waals surface area contributed by atoms with E-state index >= 15 is 0 Å². The number of methoxy groups -OCH3 is 1. The zero-order valence-corrected chi connectivity index (χ0v) is 18.4. The number of nitrogens with zero attached hydrogens (tertiary/aromatic N) is 5. The van der Waals surface area contributed by atoms with Crippen LogP contribution in [0.2, 0.25) is 0 Å². The van der Waals surface area contributed by atoms with Crippen molar-refractivity contribution >= 4 is 22.4 Å². The van der Waals surface area contributed by atoms with Crippen LogP contribution in [0, 0.1) is 5.82 Å². The van der Waals surface area contributed by atoms with E-state index < -0.39 is 5.82 Å². The smallest absolute Gasteiger partial charge is 0.165 e. The summed E-state index contributed by atoms with van der Waals surface area (Å²) in [6.45, 7) is 0.680. The molecule has 0 unspecified atom stereocenters. The molecule has 3 aromatic carbocycles. The van der Waals surface area contributed by atoms with Gasteiger partial charge in [-0.15, -0.1) is 0 Å². The standard InChI is InChI=1S/C25H21FN6O2/c1-33-10-11-34-24-9-3-18(13-22(24)26)17-2-8-23-21(12-17)25(29-15-28-23)31-19-4-6-20(7-5-19)32-16-27-14-30-32/h2-9,12-16H,10-11H2,1H3,(H,28,29,31). The predicted molar refractivity (Wildman–Crippen MR) is 127 cm³/mol. The third-order valence-corrected chi connectivity index (χ3v) is 5.26. The molecule has 0 aliphatic heterocycles. The maximum Gasteiger partial charge on any atom is 0.165 e. The average molecular weight is 456 g/mol. The molecule has 2 aromatic heterocycles. The number of hydrogen-bond donors (Lipinski definition) is 1. The van der Waals surface area contributed by atoms with Gasteiger partial charge in [-0.05, 0) is 59.7 Å². The number of ether oxygens (including phenoxy) is 2. The van der Waals surface area contributed by atoms with Gasteiger partial charge in [0, 0.05) is 18.2 Å². The largest absolute Gasteiger partial charge is 0.488 e. The number of halogens is 1. The number of rotatable bonds is 8. The molecule has 0 amide bonds. The van der Waals surface area contributed by atoms with Gasteiger partial charge in [0.25, 0.3) is 0 Å². The SMILES string of the molecule is COCCOc1ccc(-c2ccc3ncnc(Nc4ccc(-n5cncn5)cc4)c3c2)cc1F. The minimum atomic E-state index is -0.427. The molecule has 0 spiro atoms. The van der Waals surface area contributed by atoms with Crippen LogP contribution in [0.3, 0.4) is 0 Å². The molecular weight excluding hydrogens is 435 g/mol. The summed E-state index contributed by atoms with van der Waals surface area (Å²) >= 11 is 0. The summed E-state index contributed by atoms with van der Waals surface area (Å²) in [5.41, 5.74) is 4.10. The molecule has 9 heteroatoms. The molecule has 0 aliphatic carbocycles. The van der Waals surface area contributed by atoms with Crippen molar-refractivity contribution in [2.45, 2.75) is 0 Å². The van der Waals surface area contributed by atoms with E-state index in [1.807, 2.05) is 48.5 Å². The molecule has 0 fully saturated rings. The first-order valence-corrected chi connectivity index (χ1v) is 10.6. The van der Waals surface area contributed by atoms with E-state index in [-0.39, 0.29) is 12.4 Å². The summed E-state index contributed by atoms with van der Waals surface area (Å²) in [5.74, 6) is 0.422. The topological polar surface area (TPSA) is 87.0 Å². The highest BCUT2D eigenvalue weighted by atomic mass is 19.1. The second-order valence-corrected chi connectivity index (χ2v) is 7.45. The summed E-state index contributed by atoms with van der Waals surface area (Å²) in [6, 6.07) is 18.4. The molecule has 5 aromatic rings. The molecule has 0 aliphatic rings. The lowest BCUT2D eigenvalue weighted by Gasteiger charge is -2.11. The van der Waals surface area contributed by atoms with Gasteiger partial charge in [-0.2, -0.15) is 5.10 Å². The Bertz CT molecular complexity index is 1410. The Morgan fingerprint density at radius 1 is 0.912 bits per heavy atom. The van der Waals surface area contributed by atoms with Crippen LogP contribution in [0.5, 0.6) is 5.75 Å². The summed E-state index contributed by atoms with van der Waals surface area (Å²) in [5, 5.41) is 8.30. The fourth-order valence-corrected chi connectivity index (χ4v) is 3.54. The van der Waals surface area contributed by atoms with Crippen LogP contribution in [0.25, 0.3) is 27.7 Å². The zero-order chi connectivity index (χ0) is 23.3. The van der Waals surface area contributed by atoms with Crippen molar-refractivity contribution in [3.63, 3.8) is 0 Å². The number of hydrogen-bond acceptors (Lipinski definition) is 7. The predicted octanol–water partition coefficient (Wildman–Crippen LogP) is 4.79. The van der Waals surface area contributed by atoms with Crippen molar-refractivity contribution in [1.82, 2.24) is 24.7 Å². The minimum absolute atomic E-state index is 0.196. The summed E-state index contributed by atoms with van der Waals surface area (Å²) in [6.07, 6.45) is 4.65. The third kappa shape index (κ3) is 4.55.